The predicted molar refractivity (Wildman–Crippen MR) is 106 cm³/mol. The molecule has 2 bridgehead atoms. The summed E-state index contributed by atoms with van der Waals surface area (Å²) in [4.78, 5) is 19.7. The molecule has 0 saturated carbocycles. The van der Waals surface area contributed by atoms with Crippen molar-refractivity contribution in [3.05, 3.63) is 46.6 Å². The minimum absolute atomic E-state index is 0.0461. The normalized spacial score (nSPS) is 22.1. The van der Waals surface area contributed by atoms with Gasteiger partial charge in [0.25, 0.3) is 0 Å². The second-order valence-corrected chi connectivity index (χ2v) is 7.62. The van der Waals surface area contributed by atoms with E-state index in [1.54, 1.807) is 23.5 Å². The summed E-state index contributed by atoms with van der Waals surface area (Å²) in [5.41, 5.74) is 3.22. The van der Waals surface area contributed by atoms with Gasteiger partial charge in [0, 0.05) is 36.9 Å². The van der Waals surface area contributed by atoms with Crippen LogP contribution in [0, 0.1) is 0 Å². The van der Waals surface area contributed by atoms with E-state index in [4.69, 9.17) is 0 Å². The molecule has 1 N–H and O–H groups in total. The summed E-state index contributed by atoms with van der Waals surface area (Å²) in [6.45, 7) is 6.16. The van der Waals surface area contributed by atoms with Crippen LogP contribution in [0.15, 0.2) is 41.2 Å². The number of aromatic nitrogens is 1. The summed E-state index contributed by atoms with van der Waals surface area (Å²) in [5.74, 6) is 0. The molecule has 2 saturated heterocycles. The first kappa shape index (κ1) is 16.5. The van der Waals surface area contributed by atoms with E-state index in [-0.39, 0.29) is 5.43 Å². The van der Waals surface area contributed by atoms with Crippen LogP contribution in [-0.2, 0) is 0 Å². The zero-order valence-electron chi connectivity index (χ0n) is 14.7. The summed E-state index contributed by atoms with van der Waals surface area (Å²) in [7, 11) is 0. The highest BCUT2D eigenvalue weighted by molar-refractivity contribution is 7.21. The van der Waals surface area contributed by atoms with Crippen LogP contribution >= 0.6 is 11.3 Å². The van der Waals surface area contributed by atoms with Crippen molar-refractivity contribution >= 4 is 27.2 Å². The van der Waals surface area contributed by atoms with Gasteiger partial charge in [0.1, 0.15) is 0 Å². The molecule has 4 nitrogen and oxygen atoms in total. The molecule has 2 fully saturated rings. The van der Waals surface area contributed by atoms with Crippen LogP contribution in [0.5, 0.6) is 0 Å². The maximum atomic E-state index is 11.6. The van der Waals surface area contributed by atoms with Gasteiger partial charge in [-0.05, 0) is 43.2 Å². The number of hydrogen-bond donors (Lipinski definition) is 1. The molecule has 0 spiro atoms. The lowest BCUT2D eigenvalue weighted by Gasteiger charge is -2.34. The predicted octanol–water partition coefficient (Wildman–Crippen LogP) is 3.73. The standard InChI is InChI=1S/C18H17N3OS.C2H6/c22-14-4-6-16-18(8-14)23-17-7-13(3-5-15(17)20-16)21-9-11-1-2-12(10-21)19-11;1-2/h3-8,11-12,19H,1-2,9-10H2;1-2H3. The monoisotopic (exact) mass is 353 g/mol. The van der Waals surface area contributed by atoms with Crippen molar-refractivity contribution in [1.82, 2.24) is 10.3 Å². The molecule has 2 atom stereocenters. The minimum atomic E-state index is 0.0461. The number of fused-ring (bicyclic) bond motifs is 4. The van der Waals surface area contributed by atoms with E-state index in [9.17, 15) is 4.79 Å². The van der Waals surface area contributed by atoms with E-state index in [0.29, 0.717) is 12.1 Å². The zero-order valence-corrected chi connectivity index (χ0v) is 15.5. The van der Waals surface area contributed by atoms with Crippen molar-refractivity contribution in [2.24, 2.45) is 0 Å². The van der Waals surface area contributed by atoms with Crippen molar-refractivity contribution < 1.29 is 0 Å². The topological polar surface area (TPSA) is 45.2 Å². The van der Waals surface area contributed by atoms with Crippen molar-refractivity contribution in [2.75, 3.05) is 18.0 Å². The molecule has 3 aliphatic heterocycles. The Morgan fingerprint density at radius 2 is 1.84 bits per heavy atom. The van der Waals surface area contributed by atoms with Gasteiger partial charge in [-0.25, -0.2) is 4.98 Å². The maximum absolute atomic E-state index is 11.6. The largest absolute Gasteiger partial charge is 0.368 e. The first-order chi connectivity index (χ1) is 12.2. The minimum Gasteiger partial charge on any atom is -0.368 e. The van der Waals surface area contributed by atoms with Gasteiger partial charge in [-0.15, -0.1) is 11.3 Å². The van der Waals surface area contributed by atoms with E-state index < -0.39 is 0 Å². The van der Waals surface area contributed by atoms with Crippen LogP contribution < -0.4 is 15.6 Å². The molecule has 0 amide bonds. The second kappa shape index (κ2) is 6.73. The van der Waals surface area contributed by atoms with Gasteiger partial charge < -0.3 is 10.2 Å². The highest BCUT2D eigenvalue weighted by Gasteiger charge is 2.32. The Labute approximate surface area is 151 Å². The Morgan fingerprint density at radius 3 is 2.60 bits per heavy atom. The fourth-order valence-electron chi connectivity index (χ4n) is 3.80. The molecule has 130 valence electrons. The molecule has 0 aromatic heterocycles. The molecule has 0 radical (unpaired) electrons. The molecule has 5 heteroatoms. The molecule has 1 aromatic rings. The average Bonchev–Trinajstić information content (AvgIpc) is 2.99. The Kier molecular flexibility index (Phi) is 4.44. The summed E-state index contributed by atoms with van der Waals surface area (Å²) in [6, 6.07) is 12.9. The van der Waals surface area contributed by atoms with E-state index in [1.807, 2.05) is 19.9 Å². The van der Waals surface area contributed by atoms with Gasteiger partial charge in [0.05, 0.1) is 20.8 Å². The third-order valence-corrected chi connectivity index (χ3v) is 6.01. The quantitative estimate of drug-likeness (QED) is 0.677. The van der Waals surface area contributed by atoms with Crippen LogP contribution in [0.2, 0.25) is 0 Å². The smallest absolute Gasteiger partial charge is 0.180 e. The summed E-state index contributed by atoms with van der Waals surface area (Å²) < 4.78 is 1.14. The third-order valence-electron chi connectivity index (χ3n) is 4.92. The van der Waals surface area contributed by atoms with Crippen molar-refractivity contribution in [3.63, 3.8) is 0 Å². The van der Waals surface area contributed by atoms with Gasteiger partial charge in [-0.2, -0.15) is 0 Å². The number of nitrogens with one attached hydrogen (secondary N) is 1. The average molecular weight is 353 g/mol. The Bertz CT molecular complexity index is 910. The third kappa shape index (κ3) is 3.14. The Morgan fingerprint density at radius 1 is 1.08 bits per heavy atom. The van der Waals surface area contributed by atoms with E-state index in [0.717, 1.165) is 33.9 Å². The highest BCUT2D eigenvalue weighted by Crippen LogP contribution is 2.33. The van der Waals surface area contributed by atoms with Crippen LogP contribution in [-0.4, -0.2) is 30.2 Å². The molecule has 25 heavy (non-hydrogen) atoms. The van der Waals surface area contributed by atoms with E-state index >= 15 is 0 Å². The second-order valence-electron chi connectivity index (χ2n) is 6.54. The SMILES string of the molecule is CC.O=c1ccc2nc3ccc(N4CC5CCC(C4)N5)cc3sc-2c1. The van der Waals surface area contributed by atoms with Crippen molar-refractivity contribution in [3.8, 4) is 10.6 Å². The van der Waals surface area contributed by atoms with Crippen LogP contribution in [0.25, 0.3) is 20.8 Å². The molecule has 1 aromatic carbocycles. The molecule has 4 aliphatic rings. The summed E-state index contributed by atoms with van der Waals surface area (Å²) in [5, 5.41) is 3.67. The van der Waals surface area contributed by atoms with Crippen LogP contribution in [0.3, 0.4) is 0 Å². The summed E-state index contributed by atoms with van der Waals surface area (Å²) in [6.07, 6.45) is 2.58. The number of rotatable bonds is 1. The first-order valence-corrected chi connectivity index (χ1v) is 9.92. The lowest BCUT2D eigenvalue weighted by atomic mass is 10.2. The highest BCUT2D eigenvalue weighted by atomic mass is 32.1. The number of piperazine rings is 1. The van der Waals surface area contributed by atoms with Gasteiger partial charge in [-0.1, -0.05) is 13.8 Å². The van der Waals surface area contributed by atoms with Gasteiger partial charge >= 0.3 is 0 Å². The number of benzene rings is 2. The fraction of sp³-hybridized carbons (Fsp3) is 0.400. The molecule has 3 heterocycles. The summed E-state index contributed by atoms with van der Waals surface area (Å²) >= 11 is 1.66. The van der Waals surface area contributed by atoms with Crippen LogP contribution in [0.4, 0.5) is 5.69 Å². The number of hydrogen-bond acceptors (Lipinski definition) is 5. The fourth-order valence-corrected chi connectivity index (χ4v) is 4.83. The molecular formula is C20H23N3OS. The van der Waals surface area contributed by atoms with Crippen molar-refractivity contribution in [1.29, 1.82) is 0 Å². The molecule has 5 rings (SSSR count). The Balaban J connectivity index is 0.000000758. The van der Waals surface area contributed by atoms with Crippen LogP contribution in [0.1, 0.15) is 26.7 Å². The van der Waals surface area contributed by atoms with Crippen molar-refractivity contribution in [2.45, 2.75) is 38.8 Å². The van der Waals surface area contributed by atoms with E-state index in [2.05, 4.69) is 33.4 Å². The number of nitrogens with zero attached hydrogens (tertiary/aromatic N) is 2. The first-order valence-electron chi connectivity index (χ1n) is 9.10. The van der Waals surface area contributed by atoms with Gasteiger partial charge in [0.15, 0.2) is 5.43 Å². The molecule has 1 aliphatic carbocycles. The van der Waals surface area contributed by atoms with Gasteiger partial charge in [-0.3, -0.25) is 4.79 Å². The Hall–Kier alpha value is -1.98. The lowest BCUT2D eigenvalue weighted by molar-refractivity contribution is 0.466. The lowest BCUT2D eigenvalue weighted by Crippen LogP contribution is -2.51. The maximum Gasteiger partial charge on any atom is 0.180 e. The number of anilines is 1. The molecular weight excluding hydrogens is 330 g/mol. The zero-order chi connectivity index (χ0) is 17.4. The van der Waals surface area contributed by atoms with E-state index in [1.165, 1.54) is 18.5 Å². The van der Waals surface area contributed by atoms with Gasteiger partial charge in [0.2, 0.25) is 0 Å². The molecule has 2 unspecified atom stereocenters.